The largest absolute Gasteiger partial charge is 0.343 e. The molecule has 0 saturated heterocycles. The van der Waals surface area contributed by atoms with Gasteiger partial charge in [-0.3, -0.25) is 0 Å². The van der Waals surface area contributed by atoms with Crippen molar-refractivity contribution in [2.24, 2.45) is 0 Å². The molecule has 0 amide bonds. The standard InChI is InChI=1S/2C8H17.Ag.HI/c2*1-3-5-7-8-6-4-2;;/h2*1,3-8H2,2H3;;1H/q2*-1;+1;/p-1. The molecule has 0 nitrogen and oxygen atoms in total. The van der Waals surface area contributed by atoms with E-state index in [1.165, 1.54) is 64.2 Å². The zero-order valence-electron chi connectivity index (χ0n) is 12.6. The van der Waals surface area contributed by atoms with Gasteiger partial charge in [-0.25, -0.2) is 0 Å². The van der Waals surface area contributed by atoms with E-state index in [9.17, 15) is 0 Å². The fourth-order valence-corrected chi connectivity index (χ4v) is 1.56. The van der Waals surface area contributed by atoms with Crippen LogP contribution in [0, 0.1) is 13.8 Å². The fourth-order valence-electron chi connectivity index (χ4n) is 1.56. The van der Waals surface area contributed by atoms with Crippen molar-refractivity contribution < 1.29 is 17.3 Å². The van der Waals surface area contributed by atoms with Gasteiger partial charge in [-0.2, -0.15) is 12.8 Å². The molecule has 2 heteroatoms. The zero-order chi connectivity index (χ0) is 14.5. The first-order chi connectivity index (χ1) is 8.83. The summed E-state index contributed by atoms with van der Waals surface area (Å²) in [5, 5.41) is 0. The van der Waals surface area contributed by atoms with E-state index >= 15 is 0 Å². The van der Waals surface area contributed by atoms with Crippen LogP contribution in [0.3, 0.4) is 0 Å². The SMILES string of the molecule is [Ag][I].[CH2-]CCCCCCC.[CH2-]CCCCCCC. The predicted molar refractivity (Wildman–Crippen MR) is 91.5 cm³/mol. The molecule has 0 heterocycles. The molecule has 0 aromatic rings. The molecule has 118 valence electrons. The Morgan fingerprint density at radius 1 is 0.611 bits per heavy atom. The summed E-state index contributed by atoms with van der Waals surface area (Å²) in [6.07, 6.45) is 16.0. The quantitative estimate of drug-likeness (QED) is 0.139. The summed E-state index contributed by atoms with van der Waals surface area (Å²) in [4.78, 5) is 0. The minimum atomic E-state index is 1.11. The third kappa shape index (κ3) is 36.0. The number of hydrogen-bond donors (Lipinski definition) is 0. The van der Waals surface area contributed by atoms with Gasteiger partial charge in [0.1, 0.15) is 0 Å². The average molecular weight is 461 g/mol. The molecule has 0 aliphatic rings. The molecule has 0 bridgehead atoms. The molecule has 0 fully saturated rings. The predicted octanol–water partition coefficient (Wildman–Crippen LogP) is 7.25. The van der Waals surface area contributed by atoms with Crippen molar-refractivity contribution in [3.05, 3.63) is 13.8 Å². The van der Waals surface area contributed by atoms with E-state index in [2.05, 4.69) is 44.9 Å². The van der Waals surface area contributed by atoms with Crippen molar-refractivity contribution in [3.63, 3.8) is 0 Å². The molecule has 0 N–H and O–H groups in total. The molecule has 18 heavy (non-hydrogen) atoms. The molecule has 0 aliphatic carbocycles. The van der Waals surface area contributed by atoms with Crippen LogP contribution in [0.5, 0.6) is 0 Å². The van der Waals surface area contributed by atoms with Gasteiger partial charge in [0.15, 0.2) is 0 Å². The summed E-state index contributed by atoms with van der Waals surface area (Å²) in [6, 6.07) is 0. The van der Waals surface area contributed by atoms with Crippen LogP contribution in [-0.4, -0.2) is 0 Å². The van der Waals surface area contributed by atoms with Gasteiger partial charge >= 0.3 is 36.3 Å². The van der Waals surface area contributed by atoms with Crippen molar-refractivity contribution in [1.29, 1.82) is 0 Å². The number of hydrogen-bond acceptors (Lipinski definition) is 0. The second kappa shape index (κ2) is 31.1. The van der Waals surface area contributed by atoms with Crippen molar-refractivity contribution in [2.75, 3.05) is 0 Å². The first kappa shape index (κ1) is 24.5. The summed E-state index contributed by atoms with van der Waals surface area (Å²) in [5.74, 6) is 0. The first-order valence-electron chi connectivity index (χ1n) is 7.53. The van der Waals surface area contributed by atoms with Gasteiger partial charge in [0.2, 0.25) is 0 Å². The Balaban J connectivity index is -0.000000219. The van der Waals surface area contributed by atoms with E-state index in [4.69, 9.17) is 0 Å². The van der Waals surface area contributed by atoms with Crippen molar-refractivity contribution in [1.82, 2.24) is 0 Å². The molecule has 0 aromatic carbocycles. The smallest absolute Gasteiger partial charge is 0.0534 e. The van der Waals surface area contributed by atoms with Crippen LogP contribution < -0.4 is 0 Å². The summed E-state index contributed by atoms with van der Waals surface area (Å²) < 4.78 is 0. The Hall–Kier alpha value is 1.47. The van der Waals surface area contributed by atoms with Gasteiger partial charge in [0.25, 0.3) is 0 Å². The monoisotopic (exact) mass is 460 g/mol. The van der Waals surface area contributed by atoms with Crippen LogP contribution in [0.1, 0.15) is 90.9 Å². The molecule has 0 saturated carbocycles. The van der Waals surface area contributed by atoms with Gasteiger partial charge in [0, 0.05) is 0 Å². The van der Waals surface area contributed by atoms with E-state index in [0.29, 0.717) is 0 Å². The van der Waals surface area contributed by atoms with E-state index < -0.39 is 0 Å². The van der Waals surface area contributed by atoms with Gasteiger partial charge in [-0.15, -0.1) is 0 Å². The topological polar surface area (TPSA) is 0 Å². The van der Waals surface area contributed by atoms with Crippen LogP contribution >= 0.6 is 19.0 Å². The van der Waals surface area contributed by atoms with Crippen LogP contribution in [0.4, 0.5) is 0 Å². The van der Waals surface area contributed by atoms with E-state index in [-0.39, 0.29) is 0 Å². The molecule has 0 rings (SSSR count). The maximum atomic E-state index is 3.78. The Kier molecular flexibility index (Phi) is 42.3. The van der Waals surface area contributed by atoms with Crippen LogP contribution in [0.15, 0.2) is 0 Å². The molecule has 0 aliphatic heterocycles. The normalized spacial score (nSPS) is 9.06. The maximum Gasteiger partial charge on any atom is -0.0534 e. The molecule has 0 spiro atoms. The Morgan fingerprint density at radius 3 is 1.11 bits per heavy atom. The van der Waals surface area contributed by atoms with Crippen LogP contribution in [0.2, 0.25) is 0 Å². The van der Waals surface area contributed by atoms with Crippen molar-refractivity contribution in [2.45, 2.75) is 90.9 Å². The maximum absolute atomic E-state index is 3.78. The van der Waals surface area contributed by atoms with E-state index in [0.717, 1.165) is 12.8 Å². The van der Waals surface area contributed by atoms with Crippen LogP contribution in [-0.2, 0) is 17.3 Å². The third-order valence-corrected chi connectivity index (χ3v) is 2.71. The number of halogens is 1. The van der Waals surface area contributed by atoms with Crippen LogP contribution in [0.25, 0.3) is 0 Å². The van der Waals surface area contributed by atoms with Gasteiger partial charge in [0.05, 0.1) is 0 Å². The molecule has 0 unspecified atom stereocenters. The molecular formula is C16H34AgI-2. The first-order valence-corrected chi connectivity index (χ1v) is 11.9. The Morgan fingerprint density at radius 2 is 0.889 bits per heavy atom. The Bertz CT molecular complexity index is 73.1. The summed E-state index contributed by atoms with van der Waals surface area (Å²) in [5.41, 5.74) is 0. The summed E-state index contributed by atoms with van der Waals surface area (Å²) in [7, 11) is 0. The second-order valence-electron chi connectivity index (χ2n) is 4.54. The minimum Gasteiger partial charge on any atom is -0.343 e. The summed E-state index contributed by atoms with van der Waals surface area (Å²) >= 11 is 4.88. The van der Waals surface area contributed by atoms with Gasteiger partial charge in [-0.1, -0.05) is 78.1 Å². The third-order valence-electron chi connectivity index (χ3n) is 2.71. The summed E-state index contributed by atoms with van der Waals surface area (Å²) in [6.45, 7) is 12.0. The average Bonchev–Trinajstić information content (AvgIpc) is 2.43. The minimum absolute atomic E-state index is 1.11. The second-order valence-corrected chi connectivity index (χ2v) is 4.54. The van der Waals surface area contributed by atoms with E-state index in [1.807, 2.05) is 19.0 Å². The fraction of sp³-hybridized carbons (Fsp3) is 0.875. The zero-order valence-corrected chi connectivity index (χ0v) is 16.2. The van der Waals surface area contributed by atoms with Crippen molar-refractivity contribution >= 4 is 19.0 Å². The molecular weight excluding hydrogens is 427 g/mol. The number of unbranched alkanes of at least 4 members (excludes halogenated alkanes) is 10. The van der Waals surface area contributed by atoms with Gasteiger partial charge < -0.3 is 13.8 Å². The van der Waals surface area contributed by atoms with E-state index in [1.54, 1.807) is 0 Å². The van der Waals surface area contributed by atoms with Crippen molar-refractivity contribution in [3.8, 4) is 0 Å². The Labute approximate surface area is 140 Å². The number of rotatable bonds is 10. The van der Waals surface area contributed by atoms with Gasteiger partial charge in [-0.05, 0) is 0 Å². The molecule has 0 aromatic heterocycles. The molecule has 0 atom stereocenters. The molecule has 0 radical (unpaired) electrons.